The molecule has 4 nitrogen and oxygen atoms in total. The van der Waals surface area contributed by atoms with Crippen molar-refractivity contribution in [2.45, 2.75) is 57.0 Å². The van der Waals surface area contributed by atoms with Gasteiger partial charge in [-0.15, -0.1) is 11.3 Å². The number of halogens is 1. The highest BCUT2D eigenvalue weighted by molar-refractivity contribution is 9.11. The van der Waals surface area contributed by atoms with Crippen LogP contribution in [0.4, 0.5) is 0 Å². The monoisotopic (exact) mass is 394 g/mol. The lowest BCUT2D eigenvalue weighted by Crippen LogP contribution is -2.33. The molecule has 0 radical (unpaired) electrons. The van der Waals surface area contributed by atoms with Crippen LogP contribution in [0, 0.1) is 0 Å². The molecule has 0 amide bonds. The molecular formula is C14H23BrN2O2S2. The zero-order chi connectivity index (χ0) is 15.5. The zero-order valence-electron chi connectivity index (χ0n) is 12.6. The Hall–Kier alpha value is 0.0500. The summed E-state index contributed by atoms with van der Waals surface area (Å²) >= 11 is 4.94. The SMILES string of the molecule is CCCNCc1cc(S(=O)(=O)N(CCC)C2CC2)c(Br)s1. The summed E-state index contributed by atoms with van der Waals surface area (Å²) < 4.78 is 28.1. The van der Waals surface area contributed by atoms with Gasteiger partial charge in [-0.3, -0.25) is 0 Å². The van der Waals surface area contributed by atoms with Gasteiger partial charge in [0, 0.05) is 24.0 Å². The van der Waals surface area contributed by atoms with Crippen LogP contribution >= 0.6 is 27.3 Å². The van der Waals surface area contributed by atoms with Gasteiger partial charge >= 0.3 is 0 Å². The minimum atomic E-state index is -3.37. The summed E-state index contributed by atoms with van der Waals surface area (Å²) in [4.78, 5) is 1.49. The van der Waals surface area contributed by atoms with E-state index in [0.717, 1.165) is 47.4 Å². The lowest BCUT2D eigenvalue weighted by atomic mass is 10.4. The van der Waals surface area contributed by atoms with Crippen LogP contribution in [0.1, 0.15) is 44.4 Å². The molecule has 0 bridgehead atoms. The molecule has 0 aromatic carbocycles. The molecule has 1 aliphatic carbocycles. The van der Waals surface area contributed by atoms with Gasteiger partial charge in [0.1, 0.15) is 4.90 Å². The number of hydrogen-bond donors (Lipinski definition) is 1. The van der Waals surface area contributed by atoms with Gasteiger partial charge in [0.2, 0.25) is 10.0 Å². The van der Waals surface area contributed by atoms with Crippen molar-refractivity contribution >= 4 is 37.3 Å². The lowest BCUT2D eigenvalue weighted by Gasteiger charge is -2.20. The molecule has 0 unspecified atom stereocenters. The van der Waals surface area contributed by atoms with Crippen LogP contribution < -0.4 is 5.32 Å². The summed E-state index contributed by atoms with van der Waals surface area (Å²) in [6.07, 6.45) is 3.91. The lowest BCUT2D eigenvalue weighted by molar-refractivity contribution is 0.403. The van der Waals surface area contributed by atoms with E-state index in [4.69, 9.17) is 0 Å². The van der Waals surface area contributed by atoms with Crippen LogP contribution in [0.2, 0.25) is 0 Å². The molecule has 1 aromatic heterocycles. The van der Waals surface area contributed by atoms with E-state index in [9.17, 15) is 8.42 Å². The van der Waals surface area contributed by atoms with Gasteiger partial charge in [-0.2, -0.15) is 4.31 Å². The van der Waals surface area contributed by atoms with Crippen molar-refractivity contribution in [1.82, 2.24) is 9.62 Å². The van der Waals surface area contributed by atoms with Gasteiger partial charge in [-0.1, -0.05) is 13.8 Å². The fraction of sp³-hybridized carbons (Fsp3) is 0.714. The van der Waals surface area contributed by atoms with Crippen LogP contribution in [-0.4, -0.2) is 31.9 Å². The molecule has 1 saturated carbocycles. The first-order valence-electron chi connectivity index (χ1n) is 7.51. The van der Waals surface area contributed by atoms with E-state index < -0.39 is 10.0 Å². The second-order valence-corrected chi connectivity index (χ2v) is 9.69. The Morgan fingerprint density at radius 1 is 1.38 bits per heavy atom. The zero-order valence-corrected chi connectivity index (χ0v) is 15.8. The Morgan fingerprint density at radius 3 is 2.67 bits per heavy atom. The minimum Gasteiger partial charge on any atom is -0.312 e. The van der Waals surface area contributed by atoms with Crippen molar-refractivity contribution in [2.75, 3.05) is 13.1 Å². The molecule has 21 heavy (non-hydrogen) atoms. The summed E-state index contributed by atoms with van der Waals surface area (Å²) in [5, 5.41) is 3.31. The summed E-state index contributed by atoms with van der Waals surface area (Å²) in [7, 11) is -3.37. The third-order valence-corrected chi connectivity index (χ3v) is 7.62. The van der Waals surface area contributed by atoms with Crippen molar-refractivity contribution in [1.29, 1.82) is 0 Å². The first-order valence-corrected chi connectivity index (χ1v) is 10.6. The number of hydrogen-bond acceptors (Lipinski definition) is 4. The molecule has 7 heteroatoms. The van der Waals surface area contributed by atoms with Gasteiger partial charge in [0.05, 0.1) is 3.79 Å². The summed E-state index contributed by atoms with van der Waals surface area (Å²) in [5.74, 6) is 0. The van der Waals surface area contributed by atoms with Crippen molar-refractivity contribution in [2.24, 2.45) is 0 Å². The average Bonchev–Trinajstić information content (AvgIpc) is 3.19. The first kappa shape index (κ1) is 17.4. The van der Waals surface area contributed by atoms with Crippen molar-refractivity contribution in [3.05, 3.63) is 14.7 Å². The van der Waals surface area contributed by atoms with E-state index >= 15 is 0 Å². The van der Waals surface area contributed by atoms with E-state index in [1.54, 1.807) is 4.31 Å². The smallest absolute Gasteiger partial charge is 0.245 e. The second kappa shape index (κ2) is 7.55. The Labute approximate surface area is 140 Å². The number of thiophene rings is 1. The minimum absolute atomic E-state index is 0.211. The van der Waals surface area contributed by atoms with Crippen LogP contribution in [-0.2, 0) is 16.6 Å². The van der Waals surface area contributed by atoms with Crippen molar-refractivity contribution in [3.63, 3.8) is 0 Å². The molecule has 0 atom stereocenters. The van der Waals surface area contributed by atoms with E-state index in [1.807, 2.05) is 13.0 Å². The molecule has 1 aliphatic rings. The Balaban J connectivity index is 2.18. The number of nitrogens with zero attached hydrogens (tertiary/aromatic N) is 1. The molecule has 0 saturated heterocycles. The molecule has 0 spiro atoms. The van der Waals surface area contributed by atoms with Crippen LogP contribution in [0.15, 0.2) is 14.7 Å². The van der Waals surface area contributed by atoms with Crippen LogP contribution in [0.25, 0.3) is 0 Å². The summed E-state index contributed by atoms with van der Waals surface area (Å²) in [6, 6.07) is 2.03. The van der Waals surface area contributed by atoms with Gasteiger partial charge in [0.15, 0.2) is 0 Å². The average molecular weight is 395 g/mol. The topological polar surface area (TPSA) is 49.4 Å². The summed E-state index contributed by atoms with van der Waals surface area (Å²) in [6.45, 7) is 6.42. The molecule has 0 aliphatic heterocycles. The van der Waals surface area contributed by atoms with Crippen LogP contribution in [0.5, 0.6) is 0 Å². The first-order chi connectivity index (χ1) is 10.0. The van der Waals surface area contributed by atoms with Crippen molar-refractivity contribution < 1.29 is 8.42 Å². The number of nitrogens with one attached hydrogen (secondary N) is 1. The molecule has 1 N–H and O–H groups in total. The number of sulfonamides is 1. The third kappa shape index (κ3) is 4.28. The maximum Gasteiger partial charge on any atom is 0.245 e. The van der Waals surface area contributed by atoms with E-state index in [0.29, 0.717) is 11.4 Å². The Morgan fingerprint density at radius 2 is 2.10 bits per heavy atom. The number of rotatable bonds is 9. The fourth-order valence-electron chi connectivity index (χ4n) is 2.26. The Kier molecular flexibility index (Phi) is 6.25. The quantitative estimate of drug-likeness (QED) is 0.651. The molecule has 120 valence electrons. The normalized spacial score (nSPS) is 15.8. The predicted octanol–water partition coefficient (Wildman–Crippen LogP) is 3.57. The van der Waals surface area contributed by atoms with Crippen LogP contribution in [0.3, 0.4) is 0 Å². The van der Waals surface area contributed by atoms with E-state index in [-0.39, 0.29) is 6.04 Å². The third-order valence-electron chi connectivity index (χ3n) is 3.42. The highest BCUT2D eigenvalue weighted by atomic mass is 79.9. The summed E-state index contributed by atoms with van der Waals surface area (Å²) in [5.41, 5.74) is 0. The van der Waals surface area contributed by atoms with Crippen molar-refractivity contribution in [3.8, 4) is 0 Å². The maximum absolute atomic E-state index is 12.9. The molecular weight excluding hydrogens is 372 g/mol. The maximum atomic E-state index is 12.9. The second-order valence-electron chi connectivity index (χ2n) is 5.37. The van der Waals surface area contributed by atoms with E-state index in [2.05, 4.69) is 28.2 Å². The highest BCUT2D eigenvalue weighted by Gasteiger charge is 2.38. The highest BCUT2D eigenvalue weighted by Crippen LogP contribution is 2.38. The predicted molar refractivity (Wildman–Crippen MR) is 91.2 cm³/mol. The van der Waals surface area contributed by atoms with Gasteiger partial charge in [-0.25, -0.2) is 8.42 Å². The van der Waals surface area contributed by atoms with Gasteiger partial charge < -0.3 is 5.32 Å². The fourth-order valence-corrected chi connectivity index (χ4v) is 6.64. The largest absolute Gasteiger partial charge is 0.312 e. The van der Waals surface area contributed by atoms with E-state index in [1.165, 1.54) is 11.3 Å². The molecule has 2 rings (SSSR count). The molecule has 1 fully saturated rings. The van der Waals surface area contributed by atoms with Gasteiger partial charge in [0.25, 0.3) is 0 Å². The molecule has 1 aromatic rings. The van der Waals surface area contributed by atoms with Gasteiger partial charge in [-0.05, 0) is 54.2 Å². The Bertz CT molecular complexity index is 568. The molecule has 1 heterocycles. The standard InChI is InChI=1S/C14H23BrN2O2S2/c1-3-7-16-10-12-9-13(14(15)20-12)21(18,19)17(8-4-2)11-5-6-11/h9,11,16H,3-8,10H2,1-2H3.